The minimum absolute atomic E-state index is 0.0323. The number of carboxylic acid groups (broad SMARTS) is 1. The maximum absolute atomic E-state index is 13.4. The molecule has 1 amide bonds. The van der Waals surface area contributed by atoms with Gasteiger partial charge in [-0.3, -0.25) is 14.5 Å². The van der Waals surface area contributed by atoms with Gasteiger partial charge >= 0.3 is 5.97 Å². The predicted molar refractivity (Wildman–Crippen MR) is 139 cm³/mol. The van der Waals surface area contributed by atoms with E-state index in [2.05, 4.69) is 28.5 Å². The van der Waals surface area contributed by atoms with Crippen molar-refractivity contribution in [1.82, 2.24) is 14.4 Å². The number of aromatic nitrogens is 1. The van der Waals surface area contributed by atoms with Crippen LogP contribution in [0.1, 0.15) is 48.9 Å². The number of ether oxygens (including phenoxy) is 1. The molecule has 8 nitrogen and oxygen atoms in total. The zero-order valence-corrected chi connectivity index (χ0v) is 21.6. The highest BCUT2D eigenvalue weighted by molar-refractivity contribution is 5.79. The first-order chi connectivity index (χ1) is 17.4. The van der Waals surface area contributed by atoms with Gasteiger partial charge < -0.3 is 25.0 Å². The Bertz CT molecular complexity index is 1050. The molecule has 36 heavy (non-hydrogen) atoms. The third-order valence-corrected chi connectivity index (χ3v) is 7.79. The lowest BCUT2D eigenvalue weighted by molar-refractivity contribution is -0.143. The summed E-state index contributed by atoms with van der Waals surface area (Å²) >= 11 is 0. The van der Waals surface area contributed by atoms with Crippen molar-refractivity contribution in [2.75, 3.05) is 39.3 Å². The fraction of sp³-hybridized carbons (Fsp3) is 0.571. The summed E-state index contributed by atoms with van der Waals surface area (Å²) in [4.78, 5) is 30.0. The lowest BCUT2D eigenvalue weighted by atomic mass is 9.83. The number of nitrogens with zero attached hydrogens (tertiary/aromatic N) is 3. The third kappa shape index (κ3) is 5.76. The quantitative estimate of drug-likeness (QED) is 0.469. The van der Waals surface area contributed by atoms with E-state index in [1.165, 1.54) is 0 Å². The number of carboxylic acids is 1. The zero-order chi connectivity index (χ0) is 25.7. The summed E-state index contributed by atoms with van der Waals surface area (Å²) in [5.41, 5.74) is 9.12. The lowest BCUT2D eigenvalue weighted by Crippen LogP contribution is -2.45. The van der Waals surface area contributed by atoms with Gasteiger partial charge in [0.1, 0.15) is 5.75 Å². The van der Waals surface area contributed by atoms with Crippen molar-refractivity contribution in [2.45, 2.75) is 51.0 Å². The summed E-state index contributed by atoms with van der Waals surface area (Å²) in [5, 5.41) is 10.4. The molecule has 1 fully saturated rings. The van der Waals surface area contributed by atoms with Crippen LogP contribution in [0.15, 0.2) is 36.5 Å². The average Bonchev–Trinajstić information content (AvgIpc) is 3.58. The van der Waals surface area contributed by atoms with Gasteiger partial charge in [0, 0.05) is 63.5 Å². The number of rotatable bonds is 12. The van der Waals surface area contributed by atoms with Crippen LogP contribution in [-0.2, 0) is 29.5 Å². The van der Waals surface area contributed by atoms with Crippen molar-refractivity contribution >= 4 is 11.9 Å². The van der Waals surface area contributed by atoms with E-state index >= 15 is 0 Å². The van der Waals surface area contributed by atoms with Gasteiger partial charge in [0.05, 0.1) is 19.1 Å². The Hall–Kier alpha value is -2.84. The second-order valence-electron chi connectivity index (χ2n) is 10.1. The number of benzene rings is 1. The Balaban J connectivity index is 1.60. The van der Waals surface area contributed by atoms with Crippen LogP contribution in [0.3, 0.4) is 0 Å². The molecular weight excluding hydrogens is 456 g/mol. The molecule has 2 aromatic rings. The number of unbranched alkanes of at least 4 members (excludes halogenated alkanes) is 1. The maximum atomic E-state index is 13.4. The number of amides is 1. The topological polar surface area (TPSA) is 101 Å². The highest BCUT2D eigenvalue weighted by Crippen LogP contribution is 2.41. The van der Waals surface area contributed by atoms with Gasteiger partial charge in [-0.05, 0) is 48.6 Å². The van der Waals surface area contributed by atoms with Crippen molar-refractivity contribution in [3.8, 4) is 5.75 Å². The smallest absolute Gasteiger partial charge is 0.308 e. The van der Waals surface area contributed by atoms with Gasteiger partial charge in [0.2, 0.25) is 5.91 Å². The third-order valence-electron chi connectivity index (χ3n) is 7.79. The second kappa shape index (κ2) is 11.9. The molecule has 3 unspecified atom stereocenters. The Kier molecular flexibility index (Phi) is 8.69. The molecule has 0 radical (unpaired) electrons. The van der Waals surface area contributed by atoms with E-state index in [1.54, 1.807) is 0 Å². The molecule has 4 rings (SSSR count). The number of hydrogen-bond acceptors (Lipinski definition) is 5. The Morgan fingerprint density at radius 1 is 1.25 bits per heavy atom. The summed E-state index contributed by atoms with van der Waals surface area (Å²) in [6.07, 6.45) is 6.23. The van der Waals surface area contributed by atoms with E-state index in [-0.39, 0.29) is 24.4 Å². The molecule has 2 aliphatic heterocycles. The van der Waals surface area contributed by atoms with Crippen LogP contribution in [0.25, 0.3) is 0 Å². The van der Waals surface area contributed by atoms with Gasteiger partial charge in [-0.1, -0.05) is 25.5 Å². The van der Waals surface area contributed by atoms with Gasteiger partial charge in [-0.2, -0.15) is 0 Å². The summed E-state index contributed by atoms with van der Waals surface area (Å²) < 4.78 is 7.74. The molecule has 2 aliphatic rings. The Labute approximate surface area is 214 Å². The first-order valence-electron chi connectivity index (χ1n) is 13.2. The van der Waals surface area contributed by atoms with E-state index in [1.807, 2.05) is 36.3 Å². The standard InChI is InChI=1S/C28H40N4O4/c1-3-4-14-31(15-12-29)26(33)19-32-18-23(20-7-10-25-21(17-20)11-16-36-25)27(28(34)35)24(32)9-8-22-6-5-13-30(22)2/h5-7,10,13,17,23-24,27H,3-4,8-9,11-12,14-16,18-19,29H2,1-2H3,(H,34,35). The van der Waals surface area contributed by atoms with E-state index < -0.39 is 11.9 Å². The number of likely N-dealkylation sites (tertiary alicyclic amines) is 1. The van der Waals surface area contributed by atoms with E-state index in [0.29, 0.717) is 39.2 Å². The molecule has 0 aliphatic carbocycles. The monoisotopic (exact) mass is 496 g/mol. The molecular formula is C28H40N4O4. The lowest BCUT2D eigenvalue weighted by Gasteiger charge is -2.29. The van der Waals surface area contributed by atoms with Crippen molar-refractivity contribution in [2.24, 2.45) is 18.7 Å². The van der Waals surface area contributed by atoms with Crippen molar-refractivity contribution in [1.29, 1.82) is 0 Å². The zero-order valence-electron chi connectivity index (χ0n) is 21.6. The number of hydrogen-bond donors (Lipinski definition) is 2. The number of carbonyl (C=O) groups excluding carboxylic acids is 1. The van der Waals surface area contributed by atoms with Crippen LogP contribution < -0.4 is 10.5 Å². The number of fused-ring (bicyclic) bond motifs is 1. The summed E-state index contributed by atoms with van der Waals surface area (Å²) in [7, 11) is 2.01. The highest BCUT2D eigenvalue weighted by atomic mass is 16.5. The van der Waals surface area contributed by atoms with Gasteiger partial charge in [-0.25, -0.2) is 0 Å². The van der Waals surface area contributed by atoms with Crippen LogP contribution >= 0.6 is 0 Å². The summed E-state index contributed by atoms with van der Waals surface area (Å²) in [5.74, 6) is -0.641. The fourth-order valence-electron chi connectivity index (χ4n) is 5.82. The molecule has 1 aromatic heterocycles. The molecule has 0 spiro atoms. The van der Waals surface area contributed by atoms with Gasteiger partial charge in [0.15, 0.2) is 0 Å². The molecule has 3 heterocycles. The number of nitrogens with two attached hydrogens (primary N) is 1. The molecule has 3 atom stereocenters. The van der Waals surface area contributed by atoms with E-state index in [0.717, 1.165) is 48.3 Å². The predicted octanol–water partition coefficient (Wildman–Crippen LogP) is 2.65. The van der Waals surface area contributed by atoms with Crippen molar-refractivity contribution < 1.29 is 19.4 Å². The Morgan fingerprint density at radius 3 is 2.78 bits per heavy atom. The van der Waals surface area contributed by atoms with Crippen molar-refractivity contribution in [3.63, 3.8) is 0 Å². The average molecular weight is 497 g/mol. The maximum Gasteiger partial charge on any atom is 0.308 e. The second-order valence-corrected chi connectivity index (χ2v) is 10.1. The largest absolute Gasteiger partial charge is 0.493 e. The van der Waals surface area contributed by atoms with Crippen LogP contribution in [0.5, 0.6) is 5.75 Å². The van der Waals surface area contributed by atoms with Gasteiger partial charge in [0.25, 0.3) is 0 Å². The molecule has 1 saturated heterocycles. The van der Waals surface area contributed by atoms with E-state index in [9.17, 15) is 14.7 Å². The number of carbonyl (C=O) groups is 2. The van der Waals surface area contributed by atoms with Crippen molar-refractivity contribution in [3.05, 3.63) is 53.3 Å². The first-order valence-corrected chi connectivity index (χ1v) is 13.2. The minimum Gasteiger partial charge on any atom is -0.493 e. The first kappa shape index (κ1) is 26.2. The van der Waals surface area contributed by atoms with Crippen LogP contribution in [0, 0.1) is 5.92 Å². The fourth-order valence-corrected chi connectivity index (χ4v) is 5.82. The van der Waals surface area contributed by atoms with E-state index in [4.69, 9.17) is 10.5 Å². The van der Waals surface area contributed by atoms with Crippen LogP contribution in [0.2, 0.25) is 0 Å². The molecule has 8 heteroatoms. The molecule has 196 valence electrons. The number of aliphatic carboxylic acids is 1. The summed E-state index contributed by atoms with van der Waals surface area (Å²) in [6.45, 7) is 5.17. The number of aryl methyl sites for hydroxylation is 2. The molecule has 0 bridgehead atoms. The van der Waals surface area contributed by atoms with Crippen LogP contribution in [0.4, 0.5) is 0 Å². The Morgan fingerprint density at radius 2 is 2.08 bits per heavy atom. The molecule has 3 N–H and O–H groups in total. The normalized spacial score (nSPS) is 21.4. The summed E-state index contributed by atoms with van der Waals surface area (Å²) in [6, 6.07) is 9.94. The minimum atomic E-state index is -0.798. The SMILES string of the molecule is CCCCN(CCN)C(=O)CN1CC(c2ccc3c(c2)CCO3)C(C(=O)O)C1CCc1cccn1C. The highest BCUT2D eigenvalue weighted by Gasteiger charge is 2.47. The molecule has 0 saturated carbocycles. The van der Waals surface area contributed by atoms with Crippen LogP contribution in [-0.4, -0.2) is 76.7 Å². The molecule has 1 aromatic carbocycles. The van der Waals surface area contributed by atoms with Gasteiger partial charge in [-0.15, -0.1) is 0 Å².